The summed E-state index contributed by atoms with van der Waals surface area (Å²) in [4.78, 5) is 1.57. The summed E-state index contributed by atoms with van der Waals surface area (Å²) in [5.74, 6) is 0. The van der Waals surface area contributed by atoms with E-state index in [0.29, 0.717) is 12.2 Å². The van der Waals surface area contributed by atoms with Crippen LogP contribution in [0.4, 0.5) is 18.9 Å². The maximum atomic E-state index is 12.7. The van der Waals surface area contributed by atoms with Crippen molar-refractivity contribution in [3.05, 3.63) is 29.8 Å². The van der Waals surface area contributed by atoms with E-state index in [9.17, 15) is 13.2 Å². The van der Waals surface area contributed by atoms with Crippen molar-refractivity contribution in [2.75, 3.05) is 18.8 Å². The first-order valence-corrected chi connectivity index (χ1v) is 6.84. The number of alkyl halides is 3. The van der Waals surface area contributed by atoms with Gasteiger partial charge < -0.3 is 5.73 Å². The van der Waals surface area contributed by atoms with E-state index < -0.39 is 12.7 Å². The molecule has 0 aliphatic heterocycles. The molecular formula is C15H21F3N2. The summed E-state index contributed by atoms with van der Waals surface area (Å²) < 4.78 is 38.0. The quantitative estimate of drug-likeness (QED) is 0.838. The normalized spacial score (nSPS) is 16.7. The SMILES string of the molecule is CC(C)(CN(CC(F)(F)F)C1CC1)c1ccc(N)cc1. The van der Waals surface area contributed by atoms with Crippen LogP contribution in [0, 0.1) is 0 Å². The molecule has 0 saturated heterocycles. The second-order valence-electron chi connectivity index (χ2n) is 6.26. The van der Waals surface area contributed by atoms with Crippen LogP contribution in [0.3, 0.4) is 0 Å². The third-order valence-corrected chi connectivity index (χ3v) is 3.74. The minimum absolute atomic E-state index is 0.0877. The molecule has 0 heterocycles. The molecule has 0 atom stereocenters. The van der Waals surface area contributed by atoms with Crippen molar-refractivity contribution in [2.45, 2.75) is 44.3 Å². The van der Waals surface area contributed by atoms with Gasteiger partial charge in [-0.3, -0.25) is 4.90 Å². The lowest BCUT2D eigenvalue weighted by Gasteiger charge is -2.33. The largest absolute Gasteiger partial charge is 0.401 e. The molecule has 1 fully saturated rings. The number of hydrogen-bond donors (Lipinski definition) is 1. The lowest BCUT2D eigenvalue weighted by Crippen LogP contribution is -2.43. The Bertz CT molecular complexity index is 447. The lowest BCUT2D eigenvalue weighted by molar-refractivity contribution is -0.148. The molecule has 2 N–H and O–H groups in total. The third-order valence-electron chi connectivity index (χ3n) is 3.74. The number of anilines is 1. The summed E-state index contributed by atoms with van der Waals surface area (Å²) in [5.41, 5.74) is 7.00. The molecule has 0 spiro atoms. The van der Waals surface area contributed by atoms with Crippen LogP contribution in [0.1, 0.15) is 32.3 Å². The molecular weight excluding hydrogens is 265 g/mol. The molecule has 1 aliphatic rings. The molecule has 0 bridgehead atoms. The van der Waals surface area contributed by atoms with Gasteiger partial charge in [0.15, 0.2) is 0 Å². The van der Waals surface area contributed by atoms with E-state index in [1.807, 2.05) is 26.0 Å². The van der Waals surface area contributed by atoms with Crippen molar-refractivity contribution in [3.63, 3.8) is 0 Å². The van der Waals surface area contributed by atoms with Crippen LogP contribution in [0.2, 0.25) is 0 Å². The molecule has 2 rings (SSSR count). The number of rotatable bonds is 5. The molecule has 1 aromatic carbocycles. The highest BCUT2D eigenvalue weighted by molar-refractivity contribution is 5.41. The van der Waals surface area contributed by atoms with Gasteiger partial charge in [0.05, 0.1) is 6.54 Å². The molecule has 1 aliphatic carbocycles. The highest BCUT2D eigenvalue weighted by Gasteiger charge is 2.40. The molecule has 5 heteroatoms. The Balaban J connectivity index is 2.10. The number of benzene rings is 1. The van der Waals surface area contributed by atoms with E-state index in [2.05, 4.69) is 0 Å². The number of nitrogens with zero attached hydrogens (tertiary/aromatic N) is 1. The summed E-state index contributed by atoms with van der Waals surface area (Å²) >= 11 is 0. The zero-order chi connectivity index (χ0) is 15.0. The first kappa shape index (κ1) is 15.2. The molecule has 112 valence electrons. The van der Waals surface area contributed by atoms with Crippen LogP contribution in [-0.4, -0.2) is 30.2 Å². The Kier molecular flexibility index (Phi) is 4.00. The van der Waals surface area contributed by atoms with Gasteiger partial charge in [-0.1, -0.05) is 26.0 Å². The number of nitrogens with two attached hydrogens (primary N) is 1. The highest BCUT2D eigenvalue weighted by Crippen LogP contribution is 2.34. The van der Waals surface area contributed by atoms with Gasteiger partial charge in [0.2, 0.25) is 0 Å². The Morgan fingerprint density at radius 1 is 1.10 bits per heavy atom. The van der Waals surface area contributed by atoms with E-state index in [-0.39, 0.29) is 11.5 Å². The summed E-state index contributed by atoms with van der Waals surface area (Å²) in [5, 5.41) is 0. The third kappa shape index (κ3) is 4.13. The van der Waals surface area contributed by atoms with Gasteiger partial charge in [0.25, 0.3) is 0 Å². The van der Waals surface area contributed by atoms with E-state index in [1.165, 1.54) is 0 Å². The van der Waals surface area contributed by atoms with Crippen molar-refractivity contribution in [3.8, 4) is 0 Å². The molecule has 2 nitrogen and oxygen atoms in total. The van der Waals surface area contributed by atoms with Crippen molar-refractivity contribution in [1.82, 2.24) is 4.90 Å². The van der Waals surface area contributed by atoms with Gasteiger partial charge >= 0.3 is 6.18 Å². The van der Waals surface area contributed by atoms with Crippen LogP contribution in [0.5, 0.6) is 0 Å². The van der Waals surface area contributed by atoms with Crippen molar-refractivity contribution < 1.29 is 13.2 Å². The van der Waals surface area contributed by atoms with Gasteiger partial charge in [-0.15, -0.1) is 0 Å². The van der Waals surface area contributed by atoms with E-state index >= 15 is 0 Å². The van der Waals surface area contributed by atoms with Gasteiger partial charge in [-0.05, 0) is 30.5 Å². The van der Waals surface area contributed by atoms with Gasteiger partial charge in [-0.2, -0.15) is 13.2 Å². The van der Waals surface area contributed by atoms with E-state index in [4.69, 9.17) is 5.73 Å². The minimum Gasteiger partial charge on any atom is -0.399 e. The van der Waals surface area contributed by atoms with Crippen LogP contribution in [0.25, 0.3) is 0 Å². The van der Waals surface area contributed by atoms with Crippen LogP contribution < -0.4 is 5.73 Å². The van der Waals surface area contributed by atoms with Crippen molar-refractivity contribution in [1.29, 1.82) is 0 Å². The first-order valence-electron chi connectivity index (χ1n) is 6.84. The maximum absolute atomic E-state index is 12.7. The van der Waals surface area contributed by atoms with Gasteiger partial charge in [0.1, 0.15) is 0 Å². The Morgan fingerprint density at radius 3 is 2.10 bits per heavy atom. The molecule has 1 saturated carbocycles. The Morgan fingerprint density at radius 2 is 1.65 bits per heavy atom. The van der Waals surface area contributed by atoms with Crippen LogP contribution >= 0.6 is 0 Å². The Labute approximate surface area is 117 Å². The predicted molar refractivity (Wildman–Crippen MR) is 74.5 cm³/mol. The highest BCUT2D eigenvalue weighted by atomic mass is 19.4. The summed E-state index contributed by atoms with van der Waals surface area (Å²) in [6.45, 7) is 3.53. The summed E-state index contributed by atoms with van der Waals surface area (Å²) in [6, 6.07) is 7.47. The molecule has 0 amide bonds. The second kappa shape index (κ2) is 5.28. The number of nitrogen functional groups attached to an aromatic ring is 1. The fourth-order valence-electron chi connectivity index (χ4n) is 2.52. The molecule has 0 unspecified atom stereocenters. The monoisotopic (exact) mass is 286 g/mol. The summed E-state index contributed by atoms with van der Waals surface area (Å²) in [6.07, 6.45) is -2.40. The number of halogens is 3. The zero-order valence-electron chi connectivity index (χ0n) is 11.9. The zero-order valence-corrected chi connectivity index (χ0v) is 11.9. The van der Waals surface area contributed by atoms with Gasteiger partial charge in [0, 0.05) is 23.7 Å². The lowest BCUT2D eigenvalue weighted by atomic mass is 9.84. The van der Waals surface area contributed by atoms with Crippen LogP contribution in [-0.2, 0) is 5.41 Å². The topological polar surface area (TPSA) is 29.3 Å². The Hall–Kier alpha value is -1.23. The van der Waals surface area contributed by atoms with Crippen molar-refractivity contribution in [2.24, 2.45) is 0 Å². The average molecular weight is 286 g/mol. The second-order valence-corrected chi connectivity index (χ2v) is 6.26. The molecule has 0 radical (unpaired) electrons. The van der Waals surface area contributed by atoms with Crippen molar-refractivity contribution >= 4 is 5.69 Å². The minimum atomic E-state index is -4.14. The molecule has 0 aromatic heterocycles. The molecule has 1 aromatic rings. The van der Waals surface area contributed by atoms with Gasteiger partial charge in [-0.25, -0.2) is 0 Å². The fraction of sp³-hybridized carbons (Fsp3) is 0.600. The summed E-state index contributed by atoms with van der Waals surface area (Å²) in [7, 11) is 0. The predicted octanol–water partition coefficient (Wildman–Crippen LogP) is 3.57. The standard InChI is InChI=1S/C15H21F3N2/c1-14(2,11-3-5-12(19)6-4-11)9-20(13-7-8-13)10-15(16,17)18/h3-6,13H,7-10,19H2,1-2H3. The smallest absolute Gasteiger partial charge is 0.399 e. The number of hydrogen-bond acceptors (Lipinski definition) is 2. The average Bonchev–Trinajstić information content (AvgIpc) is 3.10. The maximum Gasteiger partial charge on any atom is 0.401 e. The molecule has 20 heavy (non-hydrogen) atoms. The van der Waals surface area contributed by atoms with Crippen LogP contribution in [0.15, 0.2) is 24.3 Å². The fourth-order valence-corrected chi connectivity index (χ4v) is 2.52. The van der Waals surface area contributed by atoms with E-state index in [1.54, 1.807) is 17.0 Å². The van der Waals surface area contributed by atoms with E-state index in [0.717, 1.165) is 18.4 Å². The first-order chi connectivity index (χ1) is 9.17.